The predicted octanol–water partition coefficient (Wildman–Crippen LogP) is -0.00530. The van der Waals surface area contributed by atoms with Crippen molar-refractivity contribution in [2.45, 2.75) is 31.0 Å². The van der Waals surface area contributed by atoms with Gasteiger partial charge in [-0.1, -0.05) is 0 Å². The Morgan fingerprint density at radius 3 is 3.38 bits per heavy atom. The average molecular weight is 219 g/mol. The number of morpholine rings is 1. The van der Waals surface area contributed by atoms with Crippen molar-refractivity contribution in [1.29, 1.82) is 0 Å². The Morgan fingerprint density at radius 2 is 2.50 bits per heavy atom. The van der Waals surface area contributed by atoms with E-state index in [2.05, 4.69) is 9.88 Å². The summed E-state index contributed by atoms with van der Waals surface area (Å²) < 4.78 is 7.50. The molecule has 0 radical (unpaired) electrons. The van der Waals surface area contributed by atoms with Crippen LogP contribution < -0.4 is 10.6 Å². The number of rotatable bonds is 0. The Morgan fingerprint density at radius 1 is 1.56 bits per heavy atom. The molecule has 5 heteroatoms. The van der Waals surface area contributed by atoms with Crippen LogP contribution in [0.3, 0.4) is 0 Å². The summed E-state index contributed by atoms with van der Waals surface area (Å²) in [5, 5.41) is 0. The molecule has 16 heavy (non-hydrogen) atoms. The van der Waals surface area contributed by atoms with Crippen molar-refractivity contribution in [2.75, 3.05) is 18.1 Å². The lowest BCUT2D eigenvalue weighted by Gasteiger charge is -2.44. The summed E-state index contributed by atoms with van der Waals surface area (Å²) in [5.74, 6) is 1.03. The maximum absolute atomic E-state index is 11.7. The first-order valence-electron chi connectivity index (χ1n) is 5.74. The third-order valence-corrected chi connectivity index (χ3v) is 4.15. The Hall–Kier alpha value is -1.36. The lowest BCUT2D eigenvalue weighted by molar-refractivity contribution is 0.0777. The van der Waals surface area contributed by atoms with E-state index in [-0.39, 0.29) is 11.2 Å². The number of aromatic nitrogens is 2. The van der Waals surface area contributed by atoms with Gasteiger partial charge in [0.25, 0.3) is 0 Å². The Kier molecular flexibility index (Phi) is 1.45. The van der Waals surface area contributed by atoms with Gasteiger partial charge in [-0.05, 0) is 12.5 Å². The van der Waals surface area contributed by atoms with Crippen molar-refractivity contribution in [3.63, 3.8) is 0 Å². The first kappa shape index (κ1) is 8.75. The molecule has 3 aliphatic heterocycles. The van der Waals surface area contributed by atoms with Gasteiger partial charge in [-0.15, -0.1) is 0 Å². The van der Waals surface area contributed by atoms with E-state index in [1.54, 1.807) is 10.8 Å². The third kappa shape index (κ3) is 0.899. The van der Waals surface area contributed by atoms with Gasteiger partial charge in [-0.25, -0.2) is 9.78 Å². The molecular weight excluding hydrogens is 206 g/mol. The lowest BCUT2D eigenvalue weighted by atomic mass is 9.92. The zero-order chi connectivity index (χ0) is 10.8. The first-order valence-corrected chi connectivity index (χ1v) is 5.74. The Balaban J connectivity index is 1.90. The molecule has 84 valence electrons. The number of nitrogens with zero attached hydrogens (tertiary/aromatic N) is 3. The normalized spacial score (nSPS) is 35.0. The third-order valence-electron chi connectivity index (χ3n) is 4.15. The summed E-state index contributed by atoms with van der Waals surface area (Å²) in [7, 11) is 0. The highest BCUT2D eigenvalue weighted by Gasteiger charge is 2.53. The standard InChI is InChI=1S/C11H13N3O2/c15-10-12-3-1-9-13(10)4-2-11-5-8(16-7-11)6-14(9)11/h1,3,8H,2,4-7H2. The second-order valence-electron chi connectivity index (χ2n) is 4.96. The average Bonchev–Trinajstić information content (AvgIpc) is 2.85. The van der Waals surface area contributed by atoms with E-state index in [0.717, 1.165) is 38.4 Å². The molecule has 4 heterocycles. The molecule has 0 amide bonds. The highest BCUT2D eigenvalue weighted by molar-refractivity contribution is 5.48. The van der Waals surface area contributed by atoms with Crippen LogP contribution in [0.15, 0.2) is 17.1 Å². The molecule has 0 aromatic carbocycles. The van der Waals surface area contributed by atoms with Crippen LogP contribution in [0.1, 0.15) is 12.8 Å². The highest BCUT2D eigenvalue weighted by atomic mass is 16.5. The highest BCUT2D eigenvalue weighted by Crippen LogP contribution is 2.45. The SMILES string of the molecule is O=c1nccc2n1CCC13COC(CN21)C3. The minimum absolute atomic E-state index is 0.129. The van der Waals surface area contributed by atoms with Crippen molar-refractivity contribution in [3.05, 3.63) is 22.7 Å². The van der Waals surface area contributed by atoms with Crippen LogP contribution in [-0.2, 0) is 11.3 Å². The summed E-state index contributed by atoms with van der Waals surface area (Å²) in [4.78, 5) is 17.8. The monoisotopic (exact) mass is 219 g/mol. The van der Waals surface area contributed by atoms with Gasteiger partial charge >= 0.3 is 5.69 Å². The largest absolute Gasteiger partial charge is 0.374 e. The molecule has 1 aromatic rings. The topological polar surface area (TPSA) is 47.4 Å². The summed E-state index contributed by atoms with van der Waals surface area (Å²) in [5.41, 5.74) is 0.0365. The van der Waals surface area contributed by atoms with Crippen LogP contribution in [0.5, 0.6) is 0 Å². The second kappa shape index (κ2) is 2.66. The zero-order valence-corrected chi connectivity index (χ0v) is 8.93. The maximum Gasteiger partial charge on any atom is 0.349 e. The lowest BCUT2D eigenvalue weighted by Crippen LogP contribution is -2.54. The summed E-state index contributed by atoms with van der Waals surface area (Å²) in [6.45, 7) is 2.51. The Bertz CT molecular complexity index is 512. The van der Waals surface area contributed by atoms with E-state index in [1.165, 1.54) is 0 Å². The maximum atomic E-state index is 11.7. The number of hydrogen-bond acceptors (Lipinski definition) is 4. The fourth-order valence-corrected chi connectivity index (χ4v) is 3.35. The molecule has 0 N–H and O–H groups in total. The van der Waals surface area contributed by atoms with E-state index in [9.17, 15) is 4.79 Å². The van der Waals surface area contributed by atoms with Gasteiger partial charge < -0.3 is 9.64 Å². The van der Waals surface area contributed by atoms with Gasteiger partial charge in [0.2, 0.25) is 0 Å². The molecule has 0 saturated carbocycles. The molecule has 2 fully saturated rings. The fraction of sp³-hybridized carbons (Fsp3) is 0.636. The molecule has 2 atom stereocenters. The molecule has 4 rings (SSSR count). The fourth-order valence-electron chi connectivity index (χ4n) is 3.35. The molecule has 1 aromatic heterocycles. The molecule has 3 aliphatic rings. The van der Waals surface area contributed by atoms with Gasteiger partial charge in [-0.2, -0.15) is 0 Å². The molecule has 1 spiro atoms. The van der Waals surface area contributed by atoms with Crippen molar-refractivity contribution in [3.8, 4) is 0 Å². The van der Waals surface area contributed by atoms with E-state index < -0.39 is 0 Å². The van der Waals surface area contributed by atoms with Crippen LogP contribution in [0, 0.1) is 0 Å². The van der Waals surface area contributed by atoms with Crippen LogP contribution in [0.4, 0.5) is 5.82 Å². The molecule has 2 unspecified atom stereocenters. The summed E-state index contributed by atoms with van der Waals surface area (Å²) >= 11 is 0. The quantitative estimate of drug-likeness (QED) is 0.616. The van der Waals surface area contributed by atoms with Crippen LogP contribution in [0.25, 0.3) is 0 Å². The molecule has 2 bridgehead atoms. The van der Waals surface area contributed by atoms with Crippen LogP contribution in [0.2, 0.25) is 0 Å². The molecule has 2 saturated heterocycles. The van der Waals surface area contributed by atoms with Crippen LogP contribution in [-0.4, -0.2) is 34.3 Å². The minimum atomic E-state index is -0.129. The van der Waals surface area contributed by atoms with Gasteiger partial charge in [-0.3, -0.25) is 4.57 Å². The van der Waals surface area contributed by atoms with Gasteiger partial charge in [0.05, 0.1) is 18.2 Å². The minimum Gasteiger partial charge on any atom is -0.374 e. The van der Waals surface area contributed by atoms with E-state index in [4.69, 9.17) is 4.74 Å². The Labute approximate surface area is 92.7 Å². The van der Waals surface area contributed by atoms with E-state index >= 15 is 0 Å². The number of fused-ring (bicyclic) bond motifs is 3. The van der Waals surface area contributed by atoms with Crippen molar-refractivity contribution in [2.24, 2.45) is 0 Å². The van der Waals surface area contributed by atoms with Gasteiger partial charge in [0.1, 0.15) is 5.82 Å². The predicted molar refractivity (Wildman–Crippen MR) is 57.5 cm³/mol. The van der Waals surface area contributed by atoms with E-state index in [1.807, 2.05) is 6.07 Å². The smallest absolute Gasteiger partial charge is 0.349 e. The van der Waals surface area contributed by atoms with Gasteiger partial charge in [0, 0.05) is 25.7 Å². The molecule has 0 aliphatic carbocycles. The van der Waals surface area contributed by atoms with Crippen molar-refractivity contribution >= 4 is 5.82 Å². The second-order valence-corrected chi connectivity index (χ2v) is 4.96. The van der Waals surface area contributed by atoms with Crippen molar-refractivity contribution in [1.82, 2.24) is 9.55 Å². The summed E-state index contributed by atoms with van der Waals surface area (Å²) in [6.07, 6.45) is 4.08. The summed E-state index contributed by atoms with van der Waals surface area (Å²) in [6, 6.07) is 1.95. The molecular formula is C11H13N3O2. The van der Waals surface area contributed by atoms with Gasteiger partial charge in [0.15, 0.2) is 0 Å². The van der Waals surface area contributed by atoms with Crippen molar-refractivity contribution < 1.29 is 4.74 Å². The van der Waals surface area contributed by atoms with Crippen LogP contribution >= 0.6 is 0 Å². The number of hydrogen-bond donors (Lipinski definition) is 0. The zero-order valence-electron chi connectivity index (χ0n) is 8.93. The molecule has 5 nitrogen and oxygen atoms in total. The number of anilines is 1. The first-order chi connectivity index (χ1) is 7.78. The van der Waals surface area contributed by atoms with E-state index in [0.29, 0.717) is 6.10 Å². The number of ether oxygens (including phenoxy) is 1.